The molecule has 0 aliphatic carbocycles. The molecular formula is C13H29N3O3S. The summed E-state index contributed by atoms with van der Waals surface area (Å²) in [6, 6.07) is 0.0579. The van der Waals surface area contributed by atoms with Crippen molar-refractivity contribution in [3.63, 3.8) is 0 Å². The fraction of sp³-hybridized carbons (Fsp3) is 1.00. The number of hydrogen-bond donors (Lipinski definition) is 2. The Balaban J connectivity index is 2.53. The second-order valence-corrected chi connectivity index (χ2v) is 7.41. The summed E-state index contributed by atoms with van der Waals surface area (Å²) in [6.07, 6.45) is 2.96. The minimum absolute atomic E-state index is 0.0579. The van der Waals surface area contributed by atoms with Crippen molar-refractivity contribution in [2.24, 2.45) is 5.92 Å². The quantitative estimate of drug-likeness (QED) is 0.611. The molecule has 0 aromatic heterocycles. The molecule has 1 aliphatic heterocycles. The molecule has 1 saturated heterocycles. The first-order valence-electron chi connectivity index (χ1n) is 7.43. The summed E-state index contributed by atoms with van der Waals surface area (Å²) in [6.45, 7) is 7.26. The number of methoxy groups -OCH3 is 1. The molecule has 120 valence electrons. The van der Waals surface area contributed by atoms with Gasteiger partial charge in [-0.15, -0.1) is 0 Å². The van der Waals surface area contributed by atoms with Crippen LogP contribution in [0, 0.1) is 5.92 Å². The summed E-state index contributed by atoms with van der Waals surface area (Å²) in [7, 11) is -1.83. The SMILES string of the molecule is COCCNS(=O)(=O)N1CCCCC1CNCC(C)C. The second-order valence-electron chi connectivity index (χ2n) is 5.70. The summed E-state index contributed by atoms with van der Waals surface area (Å²) >= 11 is 0. The van der Waals surface area contributed by atoms with Gasteiger partial charge in [0.2, 0.25) is 0 Å². The van der Waals surface area contributed by atoms with Crippen molar-refractivity contribution in [1.82, 2.24) is 14.3 Å². The molecule has 0 amide bonds. The fourth-order valence-electron chi connectivity index (χ4n) is 2.39. The molecule has 1 unspecified atom stereocenters. The van der Waals surface area contributed by atoms with Gasteiger partial charge in [0, 0.05) is 32.8 Å². The third kappa shape index (κ3) is 6.05. The van der Waals surface area contributed by atoms with Crippen molar-refractivity contribution in [3.8, 4) is 0 Å². The van der Waals surface area contributed by atoms with Crippen molar-refractivity contribution < 1.29 is 13.2 Å². The van der Waals surface area contributed by atoms with Gasteiger partial charge in [0.15, 0.2) is 0 Å². The lowest BCUT2D eigenvalue weighted by atomic mass is 10.0. The Morgan fingerprint density at radius 3 is 2.75 bits per heavy atom. The molecule has 2 N–H and O–H groups in total. The van der Waals surface area contributed by atoms with E-state index in [1.807, 2.05) is 0 Å². The maximum Gasteiger partial charge on any atom is 0.279 e. The first kappa shape index (κ1) is 17.8. The predicted octanol–water partition coefficient (Wildman–Crippen LogP) is 0.567. The topological polar surface area (TPSA) is 70.7 Å². The standard InChI is InChI=1S/C13H29N3O3S/c1-12(2)10-14-11-13-6-4-5-8-16(13)20(17,18)15-7-9-19-3/h12-15H,4-11H2,1-3H3. The van der Waals surface area contributed by atoms with Crippen LogP contribution in [0.2, 0.25) is 0 Å². The Labute approximate surface area is 123 Å². The maximum absolute atomic E-state index is 12.3. The molecule has 0 spiro atoms. The summed E-state index contributed by atoms with van der Waals surface area (Å²) in [4.78, 5) is 0. The van der Waals surface area contributed by atoms with Gasteiger partial charge in [-0.3, -0.25) is 0 Å². The van der Waals surface area contributed by atoms with Gasteiger partial charge >= 0.3 is 0 Å². The van der Waals surface area contributed by atoms with Crippen molar-refractivity contribution in [1.29, 1.82) is 0 Å². The molecule has 0 radical (unpaired) electrons. The van der Waals surface area contributed by atoms with Crippen LogP contribution in [-0.2, 0) is 14.9 Å². The van der Waals surface area contributed by atoms with E-state index < -0.39 is 10.2 Å². The number of piperidine rings is 1. The van der Waals surface area contributed by atoms with Gasteiger partial charge in [-0.2, -0.15) is 17.4 Å². The van der Waals surface area contributed by atoms with Crippen molar-refractivity contribution in [3.05, 3.63) is 0 Å². The summed E-state index contributed by atoms with van der Waals surface area (Å²) < 4.78 is 33.7. The molecule has 1 rings (SSSR count). The van der Waals surface area contributed by atoms with Crippen LogP contribution in [0.4, 0.5) is 0 Å². The Hall–Kier alpha value is -0.210. The van der Waals surface area contributed by atoms with Crippen LogP contribution in [0.25, 0.3) is 0 Å². The Bertz CT molecular complexity index is 360. The van der Waals surface area contributed by atoms with E-state index in [4.69, 9.17) is 4.74 Å². The lowest BCUT2D eigenvalue weighted by molar-refractivity contribution is 0.201. The van der Waals surface area contributed by atoms with Gasteiger partial charge in [-0.1, -0.05) is 20.3 Å². The highest BCUT2D eigenvalue weighted by atomic mass is 32.2. The molecule has 1 atom stereocenters. The maximum atomic E-state index is 12.3. The van der Waals surface area contributed by atoms with E-state index >= 15 is 0 Å². The lowest BCUT2D eigenvalue weighted by Gasteiger charge is -2.34. The number of nitrogens with one attached hydrogen (secondary N) is 2. The van der Waals surface area contributed by atoms with Crippen LogP contribution in [0.5, 0.6) is 0 Å². The molecule has 0 aromatic rings. The average Bonchev–Trinajstić information content (AvgIpc) is 2.39. The highest BCUT2D eigenvalue weighted by molar-refractivity contribution is 7.87. The molecule has 0 saturated carbocycles. The van der Waals surface area contributed by atoms with E-state index in [-0.39, 0.29) is 6.04 Å². The van der Waals surface area contributed by atoms with Gasteiger partial charge in [0.05, 0.1) is 6.61 Å². The Morgan fingerprint density at radius 2 is 2.10 bits per heavy atom. The summed E-state index contributed by atoms with van der Waals surface area (Å²) in [5.41, 5.74) is 0. The first-order chi connectivity index (χ1) is 9.47. The normalized spacial score (nSPS) is 21.5. The number of rotatable bonds is 9. The van der Waals surface area contributed by atoms with Crippen LogP contribution in [0.15, 0.2) is 0 Å². The zero-order valence-electron chi connectivity index (χ0n) is 12.9. The Kier molecular flexibility index (Phi) is 7.98. The third-order valence-corrected chi connectivity index (χ3v) is 5.07. The zero-order valence-corrected chi connectivity index (χ0v) is 13.7. The fourth-order valence-corrected chi connectivity index (χ4v) is 3.84. The second kappa shape index (κ2) is 8.94. The van der Waals surface area contributed by atoms with Crippen LogP contribution in [0.3, 0.4) is 0 Å². The van der Waals surface area contributed by atoms with E-state index in [2.05, 4.69) is 23.9 Å². The highest BCUT2D eigenvalue weighted by Crippen LogP contribution is 2.19. The molecule has 6 nitrogen and oxygen atoms in total. The van der Waals surface area contributed by atoms with Crippen molar-refractivity contribution in [2.75, 3.05) is 39.9 Å². The first-order valence-corrected chi connectivity index (χ1v) is 8.87. The summed E-state index contributed by atoms with van der Waals surface area (Å²) in [5.74, 6) is 0.573. The van der Waals surface area contributed by atoms with Crippen LogP contribution < -0.4 is 10.0 Å². The monoisotopic (exact) mass is 307 g/mol. The van der Waals surface area contributed by atoms with Gasteiger partial charge in [-0.05, 0) is 25.3 Å². The van der Waals surface area contributed by atoms with Crippen molar-refractivity contribution >= 4 is 10.2 Å². The van der Waals surface area contributed by atoms with Crippen LogP contribution >= 0.6 is 0 Å². The average molecular weight is 307 g/mol. The van der Waals surface area contributed by atoms with E-state index in [0.29, 0.717) is 25.6 Å². The lowest BCUT2D eigenvalue weighted by Crippen LogP contribution is -2.53. The highest BCUT2D eigenvalue weighted by Gasteiger charge is 2.31. The molecule has 0 bridgehead atoms. The van der Waals surface area contributed by atoms with Crippen molar-refractivity contribution in [2.45, 2.75) is 39.2 Å². The minimum Gasteiger partial charge on any atom is -0.383 e. The number of hydrogen-bond acceptors (Lipinski definition) is 4. The number of nitrogens with zero attached hydrogens (tertiary/aromatic N) is 1. The predicted molar refractivity (Wildman–Crippen MR) is 80.9 cm³/mol. The van der Waals surface area contributed by atoms with Gasteiger partial charge in [0.1, 0.15) is 0 Å². The van der Waals surface area contributed by atoms with E-state index in [1.54, 1.807) is 11.4 Å². The van der Waals surface area contributed by atoms with E-state index in [9.17, 15) is 8.42 Å². The van der Waals surface area contributed by atoms with Crippen LogP contribution in [-0.4, -0.2) is 58.7 Å². The number of ether oxygens (including phenoxy) is 1. The largest absolute Gasteiger partial charge is 0.383 e. The zero-order chi connectivity index (χ0) is 15.0. The molecule has 20 heavy (non-hydrogen) atoms. The third-order valence-electron chi connectivity index (χ3n) is 3.41. The molecule has 0 aromatic carbocycles. The molecular weight excluding hydrogens is 278 g/mol. The van der Waals surface area contributed by atoms with Crippen LogP contribution in [0.1, 0.15) is 33.1 Å². The molecule has 1 aliphatic rings. The smallest absolute Gasteiger partial charge is 0.279 e. The van der Waals surface area contributed by atoms with E-state index in [1.165, 1.54) is 0 Å². The van der Waals surface area contributed by atoms with Gasteiger partial charge in [0.25, 0.3) is 10.2 Å². The van der Waals surface area contributed by atoms with E-state index in [0.717, 1.165) is 32.4 Å². The molecule has 1 heterocycles. The van der Waals surface area contributed by atoms with Gasteiger partial charge in [-0.25, -0.2) is 0 Å². The molecule has 1 fully saturated rings. The molecule has 7 heteroatoms. The minimum atomic E-state index is -3.39. The van der Waals surface area contributed by atoms with Gasteiger partial charge < -0.3 is 10.1 Å². The summed E-state index contributed by atoms with van der Waals surface area (Å²) in [5, 5.41) is 3.37. The Morgan fingerprint density at radius 1 is 1.35 bits per heavy atom.